The molecule has 2 unspecified atom stereocenters. The van der Waals surface area contributed by atoms with Crippen LogP contribution in [0.3, 0.4) is 0 Å². The quantitative estimate of drug-likeness (QED) is 0.140. The van der Waals surface area contributed by atoms with E-state index in [2.05, 4.69) is 26.3 Å². The summed E-state index contributed by atoms with van der Waals surface area (Å²) >= 11 is 0. The van der Waals surface area contributed by atoms with Gasteiger partial charge in [0.05, 0.1) is 17.2 Å². The summed E-state index contributed by atoms with van der Waals surface area (Å²) in [5.41, 5.74) is 2.59. The van der Waals surface area contributed by atoms with Gasteiger partial charge in [-0.2, -0.15) is 0 Å². The lowest BCUT2D eigenvalue weighted by atomic mass is 10.0. The standard InChI is InChI=1S/C33H32N6O6/c40-27(36-16-17-37-30(21-7-4-14-34-19-21)26-18-20-6-1-2-10-25(20)45-26)11-5-15-35-23-9-3-8-22-29(23)33(44)39(32(22)43)24-12-13-28(41)38-31(24)42/h1-4,6-10,14,18-19,24,30,35,37H,5,11-13,15-17H2,(H,36,40)(H,38,41,42). The number of aromatic nitrogens is 1. The number of nitrogens with one attached hydrogen (secondary N) is 4. The fraction of sp³-hybridized carbons (Fsp3) is 0.273. The molecule has 12 heteroatoms. The average Bonchev–Trinajstić information content (AvgIpc) is 3.58. The highest BCUT2D eigenvalue weighted by atomic mass is 16.3. The second-order valence-electron chi connectivity index (χ2n) is 10.9. The van der Waals surface area contributed by atoms with Crippen LogP contribution in [-0.2, 0) is 14.4 Å². The Morgan fingerprint density at radius 2 is 1.87 bits per heavy atom. The van der Waals surface area contributed by atoms with E-state index in [-0.39, 0.29) is 42.3 Å². The molecule has 4 heterocycles. The summed E-state index contributed by atoms with van der Waals surface area (Å²) in [5, 5.41) is 12.7. The maximum absolute atomic E-state index is 13.2. The molecule has 0 radical (unpaired) electrons. The molecular weight excluding hydrogens is 576 g/mol. The van der Waals surface area contributed by atoms with Gasteiger partial charge in [-0.25, -0.2) is 0 Å². The fourth-order valence-corrected chi connectivity index (χ4v) is 5.72. The molecule has 6 rings (SSSR count). The summed E-state index contributed by atoms with van der Waals surface area (Å²) in [6.07, 6.45) is 4.39. The second-order valence-corrected chi connectivity index (χ2v) is 10.9. The van der Waals surface area contributed by atoms with E-state index < -0.39 is 29.7 Å². The van der Waals surface area contributed by atoms with E-state index >= 15 is 0 Å². The lowest BCUT2D eigenvalue weighted by Gasteiger charge is -2.27. The van der Waals surface area contributed by atoms with Crippen LogP contribution >= 0.6 is 0 Å². The fourth-order valence-electron chi connectivity index (χ4n) is 5.72. The number of anilines is 1. The first-order chi connectivity index (χ1) is 21.9. The summed E-state index contributed by atoms with van der Waals surface area (Å²) < 4.78 is 6.09. The average molecular weight is 609 g/mol. The summed E-state index contributed by atoms with van der Waals surface area (Å²) in [7, 11) is 0. The molecule has 2 aliphatic heterocycles. The van der Waals surface area contributed by atoms with Crippen molar-refractivity contribution in [1.82, 2.24) is 25.8 Å². The summed E-state index contributed by atoms with van der Waals surface area (Å²) in [4.78, 5) is 67.9. The minimum atomic E-state index is -1.03. The zero-order valence-electron chi connectivity index (χ0n) is 24.4. The molecule has 0 saturated carbocycles. The van der Waals surface area contributed by atoms with Gasteiger partial charge >= 0.3 is 0 Å². The van der Waals surface area contributed by atoms with Crippen molar-refractivity contribution in [3.63, 3.8) is 0 Å². The van der Waals surface area contributed by atoms with Crippen molar-refractivity contribution in [2.75, 3.05) is 25.0 Å². The Kier molecular flexibility index (Phi) is 8.65. The predicted octanol–water partition coefficient (Wildman–Crippen LogP) is 2.92. The molecular formula is C33H32N6O6. The van der Waals surface area contributed by atoms with E-state index in [1.165, 1.54) is 0 Å². The highest BCUT2D eigenvalue weighted by Gasteiger charge is 2.45. The predicted molar refractivity (Wildman–Crippen MR) is 164 cm³/mol. The molecule has 5 amide bonds. The molecule has 2 aromatic carbocycles. The van der Waals surface area contributed by atoms with Gasteiger partial charge in [0.15, 0.2) is 0 Å². The van der Waals surface area contributed by atoms with Gasteiger partial charge in [0, 0.05) is 55.9 Å². The zero-order chi connectivity index (χ0) is 31.3. The lowest BCUT2D eigenvalue weighted by Crippen LogP contribution is -2.54. The van der Waals surface area contributed by atoms with Crippen molar-refractivity contribution in [1.29, 1.82) is 0 Å². The normalized spacial score (nSPS) is 16.9. The molecule has 0 aliphatic carbocycles. The molecule has 2 aromatic heterocycles. The van der Waals surface area contributed by atoms with E-state index in [9.17, 15) is 24.0 Å². The number of para-hydroxylation sites is 1. The molecule has 45 heavy (non-hydrogen) atoms. The van der Waals surface area contributed by atoms with Crippen LogP contribution in [0.4, 0.5) is 5.69 Å². The Balaban J connectivity index is 0.981. The van der Waals surface area contributed by atoms with E-state index in [4.69, 9.17) is 4.42 Å². The maximum atomic E-state index is 13.2. The number of furan rings is 1. The van der Waals surface area contributed by atoms with Crippen LogP contribution < -0.4 is 21.3 Å². The number of nitrogens with zero attached hydrogens (tertiary/aromatic N) is 2. The Hall–Kier alpha value is -5.36. The summed E-state index contributed by atoms with van der Waals surface area (Å²) in [5.74, 6) is -1.58. The molecule has 1 fully saturated rings. The second kappa shape index (κ2) is 13.1. The van der Waals surface area contributed by atoms with Gasteiger partial charge in [0.1, 0.15) is 17.4 Å². The van der Waals surface area contributed by atoms with Crippen molar-refractivity contribution in [3.05, 3.63) is 95.5 Å². The number of amides is 5. The maximum Gasteiger partial charge on any atom is 0.264 e. The third-order valence-corrected chi connectivity index (χ3v) is 7.91. The zero-order valence-corrected chi connectivity index (χ0v) is 24.4. The van der Waals surface area contributed by atoms with E-state index in [0.29, 0.717) is 31.7 Å². The number of carbonyl (C=O) groups excluding carboxylic acids is 5. The van der Waals surface area contributed by atoms with Crippen LogP contribution in [0.1, 0.15) is 63.8 Å². The lowest BCUT2D eigenvalue weighted by molar-refractivity contribution is -0.136. The van der Waals surface area contributed by atoms with Crippen LogP contribution in [0.25, 0.3) is 11.0 Å². The van der Waals surface area contributed by atoms with E-state index in [1.807, 2.05) is 42.5 Å². The van der Waals surface area contributed by atoms with Gasteiger partial charge < -0.3 is 20.4 Å². The van der Waals surface area contributed by atoms with Crippen LogP contribution in [0.15, 0.2) is 77.5 Å². The Morgan fingerprint density at radius 1 is 1.00 bits per heavy atom. The van der Waals surface area contributed by atoms with Crippen molar-refractivity contribution < 1.29 is 28.4 Å². The molecule has 2 aliphatic rings. The van der Waals surface area contributed by atoms with Crippen molar-refractivity contribution in [2.45, 2.75) is 37.8 Å². The molecule has 12 nitrogen and oxygen atoms in total. The Labute approximate surface area is 258 Å². The van der Waals surface area contributed by atoms with Crippen molar-refractivity contribution in [3.8, 4) is 0 Å². The van der Waals surface area contributed by atoms with E-state index in [0.717, 1.165) is 27.2 Å². The number of benzene rings is 2. The van der Waals surface area contributed by atoms with Gasteiger partial charge in [0.25, 0.3) is 11.8 Å². The minimum absolute atomic E-state index is 0.0550. The van der Waals surface area contributed by atoms with Gasteiger partial charge in [-0.1, -0.05) is 30.3 Å². The van der Waals surface area contributed by atoms with Crippen molar-refractivity contribution >= 4 is 46.2 Å². The molecule has 0 bridgehead atoms. The number of imide groups is 2. The molecule has 4 aromatic rings. The van der Waals surface area contributed by atoms with E-state index in [1.54, 1.807) is 30.6 Å². The molecule has 0 spiro atoms. The smallest absolute Gasteiger partial charge is 0.264 e. The largest absolute Gasteiger partial charge is 0.459 e. The van der Waals surface area contributed by atoms with Crippen LogP contribution in [-0.4, -0.2) is 65.1 Å². The third kappa shape index (κ3) is 6.31. The summed E-state index contributed by atoms with van der Waals surface area (Å²) in [6, 6.07) is 17.3. The number of piperidine rings is 1. The monoisotopic (exact) mass is 608 g/mol. The third-order valence-electron chi connectivity index (χ3n) is 7.91. The SMILES string of the molecule is O=C(CCCNc1cccc2c1C(=O)N(C1CCC(=O)NC1=O)C2=O)NCCNC(c1cccnc1)c1cc2ccccc2o1. The first-order valence-corrected chi connectivity index (χ1v) is 14.9. The van der Waals surface area contributed by atoms with Crippen LogP contribution in [0.2, 0.25) is 0 Å². The first-order valence-electron chi connectivity index (χ1n) is 14.9. The van der Waals surface area contributed by atoms with Gasteiger partial charge in [-0.3, -0.25) is 39.2 Å². The first kappa shape index (κ1) is 29.7. The minimum Gasteiger partial charge on any atom is -0.459 e. The Bertz CT molecular complexity index is 1740. The molecule has 4 N–H and O–H groups in total. The number of carbonyl (C=O) groups is 5. The number of hydrogen-bond acceptors (Lipinski definition) is 9. The topological polar surface area (TPSA) is 163 Å². The van der Waals surface area contributed by atoms with Gasteiger partial charge in [0.2, 0.25) is 17.7 Å². The summed E-state index contributed by atoms with van der Waals surface area (Å²) in [6.45, 7) is 1.29. The Morgan fingerprint density at radius 3 is 2.67 bits per heavy atom. The van der Waals surface area contributed by atoms with Crippen LogP contribution in [0, 0.1) is 0 Å². The van der Waals surface area contributed by atoms with Crippen LogP contribution in [0.5, 0.6) is 0 Å². The molecule has 2 atom stereocenters. The molecule has 1 saturated heterocycles. The van der Waals surface area contributed by atoms with Gasteiger partial charge in [-0.15, -0.1) is 0 Å². The van der Waals surface area contributed by atoms with Gasteiger partial charge in [-0.05, 0) is 48.7 Å². The van der Waals surface area contributed by atoms with Crippen molar-refractivity contribution in [2.24, 2.45) is 0 Å². The number of rotatable bonds is 12. The number of fused-ring (bicyclic) bond motifs is 2. The number of hydrogen-bond donors (Lipinski definition) is 4. The molecule has 230 valence electrons. The number of pyridine rings is 1. The highest BCUT2D eigenvalue weighted by molar-refractivity contribution is 6.25. The highest BCUT2D eigenvalue weighted by Crippen LogP contribution is 2.32.